The van der Waals surface area contributed by atoms with Crippen LogP contribution in [0.25, 0.3) is 0 Å². The first-order valence-electron chi connectivity index (χ1n) is 3.75. The van der Waals surface area contributed by atoms with Gasteiger partial charge >= 0.3 is 5.97 Å². The summed E-state index contributed by atoms with van der Waals surface area (Å²) in [5.41, 5.74) is 0. The monoisotopic (exact) mass is 244 g/mol. The Labute approximate surface area is 84.5 Å². The van der Waals surface area contributed by atoms with Crippen LogP contribution in [0.5, 0.6) is 0 Å². The molecule has 0 aliphatic carbocycles. The van der Waals surface area contributed by atoms with Crippen LogP contribution < -0.4 is 0 Å². The summed E-state index contributed by atoms with van der Waals surface area (Å²) in [6.45, 7) is 0. The van der Waals surface area contributed by atoms with E-state index in [0.29, 0.717) is 18.7 Å². The number of aryl methyl sites for hydroxylation is 1. The van der Waals surface area contributed by atoms with Crippen molar-refractivity contribution in [2.75, 3.05) is 7.11 Å². The van der Waals surface area contributed by atoms with E-state index in [0.717, 1.165) is 4.47 Å². The third-order valence-corrected chi connectivity index (χ3v) is 1.86. The second-order valence-electron chi connectivity index (χ2n) is 2.39. The summed E-state index contributed by atoms with van der Waals surface area (Å²) in [6.07, 6.45) is 4.14. The lowest BCUT2D eigenvalue weighted by Gasteiger charge is -1.98. The zero-order valence-corrected chi connectivity index (χ0v) is 8.74. The summed E-state index contributed by atoms with van der Waals surface area (Å²) >= 11 is 3.22. The number of halogens is 1. The molecule has 0 amide bonds. The van der Waals surface area contributed by atoms with E-state index in [1.54, 1.807) is 12.4 Å². The molecule has 0 N–H and O–H groups in total. The molecule has 0 radical (unpaired) electrons. The molecule has 0 saturated carbocycles. The van der Waals surface area contributed by atoms with Crippen LogP contribution in [0.15, 0.2) is 16.9 Å². The number of methoxy groups -OCH3 is 1. The molecule has 0 unspecified atom stereocenters. The van der Waals surface area contributed by atoms with Crippen LogP contribution in [0.2, 0.25) is 0 Å². The smallest absolute Gasteiger partial charge is 0.305 e. The van der Waals surface area contributed by atoms with Crippen LogP contribution in [-0.4, -0.2) is 23.0 Å². The number of ether oxygens (including phenoxy) is 1. The number of hydrogen-bond acceptors (Lipinski definition) is 4. The number of aromatic nitrogens is 2. The van der Waals surface area contributed by atoms with Crippen LogP contribution in [-0.2, 0) is 16.0 Å². The SMILES string of the molecule is COC(=O)CCc1ncc(Br)cn1. The minimum absolute atomic E-state index is 0.244. The van der Waals surface area contributed by atoms with Crippen molar-refractivity contribution in [3.05, 3.63) is 22.7 Å². The van der Waals surface area contributed by atoms with Gasteiger partial charge in [0.1, 0.15) is 5.82 Å². The molecule has 1 aromatic rings. The summed E-state index contributed by atoms with van der Waals surface area (Å²) in [5, 5.41) is 0. The molecule has 5 heteroatoms. The summed E-state index contributed by atoms with van der Waals surface area (Å²) in [6, 6.07) is 0. The Morgan fingerprint density at radius 3 is 2.69 bits per heavy atom. The molecular formula is C8H9BrN2O2. The fourth-order valence-corrected chi connectivity index (χ4v) is 0.989. The normalized spacial score (nSPS) is 9.69. The molecule has 0 bridgehead atoms. The van der Waals surface area contributed by atoms with Gasteiger partial charge in [0.2, 0.25) is 0 Å². The summed E-state index contributed by atoms with van der Waals surface area (Å²) in [4.78, 5) is 18.8. The van der Waals surface area contributed by atoms with Gasteiger partial charge in [0, 0.05) is 18.8 Å². The number of esters is 1. The lowest BCUT2D eigenvalue weighted by atomic mass is 10.3. The summed E-state index contributed by atoms with van der Waals surface area (Å²) < 4.78 is 5.32. The van der Waals surface area contributed by atoms with Gasteiger partial charge in [-0.25, -0.2) is 9.97 Å². The van der Waals surface area contributed by atoms with E-state index in [9.17, 15) is 4.79 Å². The molecule has 0 aliphatic heterocycles. The van der Waals surface area contributed by atoms with Crippen LogP contribution >= 0.6 is 15.9 Å². The average molecular weight is 245 g/mol. The molecular weight excluding hydrogens is 236 g/mol. The van der Waals surface area contributed by atoms with E-state index in [1.807, 2.05) is 0 Å². The Morgan fingerprint density at radius 2 is 2.15 bits per heavy atom. The highest BCUT2D eigenvalue weighted by Crippen LogP contribution is 2.05. The van der Waals surface area contributed by atoms with E-state index >= 15 is 0 Å². The second-order valence-corrected chi connectivity index (χ2v) is 3.31. The van der Waals surface area contributed by atoms with Gasteiger partial charge in [-0.1, -0.05) is 0 Å². The first-order valence-corrected chi connectivity index (χ1v) is 4.55. The number of hydrogen-bond donors (Lipinski definition) is 0. The fraction of sp³-hybridized carbons (Fsp3) is 0.375. The maximum absolute atomic E-state index is 10.8. The maximum atomic E-state index is 10.8. The quantitative estimate of drug-likeness (QED) is 0.754. The molecule has 4 nitrogen and oxygen atoms in total. The minimum atomic E-state index is -0.244. The van der Waals surface area contributed by atoms with E-state index in [1.165, 1.54) is 7.11 Å². The van der Waals surface area contributed by atoms with Gasteiger partial charge in [0.15, 0.2) is 0 Å². The highest BCUT2D eigenvalue weighted by molar-refractivity contribution is 9.10. The van der Waals surface area contributed by atoms with Gasteiger partial charge in [-0.15, -0.1) is 0 Å². The Bertz CT molecular complexity index is 287. The first-order chi connectivity index (χ1) is 6.22. The van der Waals surface area contributed by atoms with Crippen molar-refractivity contribution >= 4 is 21.9 Å². The number of carbonyl (C=O) groups excluding carboxylic acids is 1. The highest BCUT2D eigenvalue weighted by Gasteiger charge is 2.02. The van der Waals surface area contributed by atoms with Crippen LogP contribution in [0.1, 0.15) is 12.2 Å². The Kier molecular flexibility index (Phi) is 3.82. The minimum Gasteiger partial charge on any atom is -0.469 e. The van der Waals surface area contributed by atoms with Gasteiger partial charge in [-0.3, -0.25) is 4.79 Å². The van der Waals surface area contributed by atoms with E-state index in [4.69, 9.17) is 0 Å². The number of nitrogens with zero attached hydrogens (tertiary/aromatic N) is 2. The number of carbonyl (C=O) groups is 1. The topological polar surface area (TPSA) is 52.1 Å². The third-order valence-electron chi connectivity index (χ3n) is 1.45. The molecule has 0 aromatic carbocycles. The maximum Gasteiger partial charge on any atom is 0.305 e. The highest BCUT2D eigenvalue weighted by atomic mass is 79.9. The van der Waals surface area contributed by atoms with Crippen molar-refractivity contribution in [3.8, 4) is 0 Å². The molecule has 0 saturated heterocycles. The number of rotatable bonds is 3. The standard InChI is InChI=1S/C8H9BrN2O2/c1-13-8(12)3-2-7-10-4-6(9)5-11-7/h4-5H,2-3H2,1H3. The van der Waals surface area contributed by atoms with E-state index < -0.39 is 0 Å². The largest absolute Gasteiger partial charge is 0.469 e. The lowest BCUT2D eigenvalue weighted by molar-refractivity contribution is -0.140. The Hall–Kier alpha value is -0.970. The van der Waals surface area contributed by atoms with Crippen LogP contribution in [0.3, 0.4) is 0 Å². The summed E-state index contributed by atoms with van der Waals surface area (Å²) in [5.74, 6) is 0.403. The summed E-state index contributed by atoms with van der Waals surface area (Å²) in [7, 11) is 1.37. The van der Waals surface area contributed by atoms with E-state index in [2.05, 4.69) is 30.6 Å². The van der Waals surface area contributed by atoms with Crippen molar-refractivity contribution in [2.24, 2.45) is 0 Å². The van der Waals surface area contributed by atoms with Gasteiger partial charge in [-0.05, 0) is 15.9 Å². The van der Waals surface area contributed by atoms with Gasteiger partial charge in [0.05, 0.1) is 18.0 Å². The van der Waals surface area contributed by atoms with Crippen LogP contribution in [0.4, 0.5) is 0 Å². The predicted octanol–water partition coefficient (Wildman–Crippen LogP) is 1.34. The van der Waals surface area contributed by atoms with Crippen molar-refractivity contribution in [3.63, 3.8) is 0 Å². The molecule has 0 spiro atoms. The Morgan fingerprint density at radius 1 is 1.54 bits per heavy atom. The van der Waals surface area contributed by atoms with Gasteiger partial charge in [0.25, 0.3) is 0 Å². The molecule has 0 atom stereocenters. The fourth-order valence-electron chi connectivity index (χ4n) is 0.784. The zero-order chi connectivity index (χ0) is 9.68. The molecule has 1 heterocycles. The van der Waals surface area contributed by atoms with Crippen molar-refractivity contribution in [1.82, 2.24) is 9.97 Å². The first kappa shape index (κ1) is 10.1. The Balaban J connectivity index is 2.46. The van der Waals surface area contributed by atoms with Crippen molar-refractivity contribution in [1.29, 1.82) is 0 Å². The predicted molar refractivity (Wildman–Crippen MR) is 50.1 cm³/mol. The molecule has 0 fully saturated rings. The average Bonchev–Trinajstić information content (AvgIpc) is 2.16. The third kappa shape index (κ3) is 3.50. The molecule has 1 rings (SSSR count). The van der Waals surface area contributed by atoms with Gasteiger partial charge < -0.3 is 4.74 Å². The molecule has 0 aliphatic rings. The zero-order valence-electron chi connectivity index (χ0n) is 7.16. The molecule has 1 aromatic heterocycles. The molecule has 13 heavy (non-hydrogen) atoms. The second kappa shape index (κ2) is 4.91. The van der Waals surface area contributed by atoms with Crippen LogP contribution in [0, 0.1) is 0 Å². The lowest BCUT2D eigenvalue weighted by Crippen LogP contribution is -2.04. The van der Waals surface area contributed by atoms with Crippen molar-refractivity contribution < 1.29 is 9.53 Å². The van der Waals surface area contributed by atoms with E-state index in [-0.39, 0.29) is 5.97 Å². The molecule has 70 valence electrons. The van der Waals surface area contributed by atoms with Crippen molar-refractivity contribution in [2.45, 2.75) is 12.8 Å². The van der Waals surface area contributed by atoms with Gasteiger partial charge in [-0.2, -0.15) is 0 Å².